The Labute approximate surface area is 109 Å². The van der Waals surface area contributed by atoms with Crippen molar-refractivity contribution in [3.8, 4) is 5.75 Å². The van der Waals surface area contributed by atoms with Crippen LogP contribution in [0, 0.1) is 18.6 Å². The van der Waals surface area contributed by atoms with Gasteiger partial charge < -0.3 is 4.74 Å². The van der Waals surface area contributed by atoms with Crippen molar-refractivity contribution >= 4 is 6.29 Å². The van der Waals surface area contributed by atoms with Crippen LogP contribution in [0.3, 0.4) is 0 Å². The van der Waals surface area contributed by atoms with Crippen molar-refractivity contribution in [2.24, 2.45) is 0 Å². The fourth-order valence-corrected chi connectivity index (χ4v) is 1.75. The minimum Gasteiger partial charge on any atom is -0.488 e. The molecule has 0 bridgehead atoms. The summed E-state index contributed by atoms with van der Waals surface area (Å²) in [4.78, 5) is 10.9. The Hall–Kier alpha value is -2.23. The molecule has 0 N–H and O–H groups in total. The summed E-state index contributed by atoms with van der Waals surface area (Å²) < 4.78 is 31.3. The third kappa shape index (κ3) is 2.96. The minimum absolute atomic E-state index is 0.0723. The number of aryl methyl sites for hydroxylation is 1. The maximum atomic E-state index is 13.0. The van der Waals surface area contributed by atoms with Crippen molar-refractivity contribution in [2.45, 2.75) is 13.5 Å². The third-order valence-electron chi connectivity index (χ3n) is 2.74. The number of ether oxygens (including phenoxy) is 1. The summed E-state index contributed by atoms with van der Waals surface area (Å²) in [5.41, 5.74) is 1.74. The number of rotatable bonds is 4. The van der Waals surface area contributed by atoms with Crippen LogP contribution >= 0.6 is 0 Å². The molecule has 0 aliphatic carbocycles. The highest BCUT2D eigenvalue weighted by Crippen LogP contribution is 2.23. The molecule has 2 rings (SSSR count). The molecule has 0 heterocycles. The minimum atomic E-state index is -0.915. The molecule has 0 aliphatic rings. The smallest absolute Gasteiger partial charge is 0.159 e. The molecule has 0 radical (unpaired) electrons. The highest BCUT2D eigenvalue weighted by molar-refractivity contribution is 5.80. The number of halogens is 2. The van der Waals surface area contributed by atoms with Crippen LogP contribution in [0.4, 0.5) is 8.78 Å². The summed E-state index contributed by atoms with van der Waals surface area (Å²) in [6.07, 6.45) is 0.702. The molecule has 0 amide bonds. The lowest BCUT2D eigenvalue weighted by Crippen LogP contribution is -2.01. The van der Waals surface area contributed by atoms with Gasteiger partial charge in [-0.05, 0) is 36.2 Å². The van der Waals surface area contributed by atoms with E-state index in [-0.39, 0.29) is 6.61 Å². The molecule has 0 fully saturated rings. The lowest BCUT2D eigenvalue weighted by atomic mass is 10.1. The predicted molar refractivity (Wildman–Crippen MR) is 67.3 cm³/mol. The number of hydrogen-bond donors (Lipinski definition) is 0. The van der Waals surface area contributed by atoms with Gasteiger partial charge in [-0.3, -0.25) is 4.79 Å². The summed E-state index contributed by atoms with van der Waals surface area (Å²) in [6, 6.07) is 8.77. The summed E-state index contributed by atoms with van der Waals surface area (Å²) in [5, 5.41) is 0. The van der Waals surface area contributed by atoms with Gasteiger partial charge in [0.2, 0.25) is 0 Å². The van der Waals surface area contributed by atoms with E-state index in [1.54, 1.807) is 12.1 Å². The van der Waals surface area contributed by atoms with E-state index in [2.05, 4.69) is 0 Å². The zero-order valence-corrected chi connectivity index (χ0v) is 10.3. The molecule has 0 saturated carbocycles. The number of carbonyl (C=O) groups excluding carboxylic acids is 1. The van der Waals surface area contributed by atoms with Crippen LogP contribution in [-0.4, -0.2) is 6.29 Å². The van der Waals surface area contributed by atoms with E-state index >= 15 is 0 Å². The molecule has 0 spiro atoms. The van der Waals surface area contributed by atoms with Gasteiger partial charge in [-0.1, -0.05) is 18.2 Å². The number of carbonyl (C=O) groups is 1. The second kappa shape index (κ2) is 5.61. The van der Waals surface area contributed by atoms with E-state index in [1.807, 2.05) is 13.0 Å². The zero-order chi connectivity index (χ0) is 13.8. The maximum Gasteiger partial charge on any atom is 0.159 e. The van der Waals surface area contributed by atoms with E-state index in [9.17, 15) is 13.6 Å². The fourth-order valence-electron chi connectivity index (χ4n) is 1.75. The number of para-hydroxylation sites is 1. The molecule has 0 atom stereocenters. The van der Waals surface area contributed by atoms with Crippen LogP contribution in [0.15, 0.2) is 36.4 Å². The lowest BCUT2D eigenvalue weighted by molar-refractivity contribution is 0.111. The van der Waals surface area contributed by atoms with Gasteiger partial charge in [0, 0.05) is 0 Å². The Balaban J connectivity index is 2.18. The summed E-state index contributed by atoms with van der Waals surface area (Å²) in [7, 11) is 0. The second-order valence-electron chi connectivity index (χ2n) is 4.15. The van der Waals surface area contributed by atoms with E-state index in [0.29, 0.717) is 23.2 Å². The van der Waals surface area contributed by atoms with Crippen molar-refractivity contribution in [1.82, 2.24) is 0 Å². The van der Waals surface area contributed by atoms with Gasteiger partial charge in [0.15, 0.2) is 17.9 Å². The van der Waals surface area contributed by atoms with E-state index in [1.165, 1.54) is 6.07 Å². The van der Waals surface area contributed by atoms with Crippen molar-refractivity contribution in [3.63, 3.8) is 0 Å². The Bertz CT molecular complexity index is 609. The van der Waals surface area contributed by atoms with Crippen molar-refractivity contribution in [2.75, 3.05) is 0 Å². The van der Waals surface area contributed by atoms with Gasteiger partial charge in [0.25, 0.3) is 0 Å². The summed E-state index contributed by atoms with van der Waals surface area (Å²) in [5.74, 6) is -1.35. The lowest BCUT2D eigenvalue weighted by Gasteiger charge is -2.11. The molecule has 4 heteroatoms. The monoisotopic (exact) mass is 262 g/mol. The normalized spacial score (nSPS) is 10.3. The zero-order valence-electron chi connectivity index (χ0n) is 10.3. The number of benzene rings is 2. The Morgan fingerprint density at radius 3 is 2.63 bits per heavy atom. The third-order valence-corrected chi connectivity index (χ3v) is 2.74. The average molecular weight is 262 g/mol. The molecule has 0 aromatic heterocycles. The Morgan fingerprint density at radius 1 is 1.16 bits per heavy atom. The van der Waals surface area contributed by atoms with Crippen LogP contribution in [0.25, 0.3) is 0 Å². The van der Waals surface area contributed by atoms with Crippen LogP contribution in [0.2, 0.25) is 0 Å². The first-order valence-electron chi connectivity index (χ1n) is 5.73. The average Bonchev–Trinajstić information content (AvgIpc) is 2.41. The molecular weight excluding hydrogens is 250 g/mol. The largest absolute Gasteiger partial charge is 0.488 e. The number of hydrogen-bond acceptors (Lipinski definition) is 2. The molecule has 2 aromatic carbocycles. The van der Waals surface area contributed by atoms with Gasteiger partial charge in [0.1, 0.15) is 12.4 Å². The predicted octanol–water partition coefficient (Wildman–Crippen LogP) is 3.66. The van der Waals surface area contributed by atoms with Gasteiger partial charge in [-0.2, -0.15) is 0 Å². The first-order chi connectivity index (χ1) is 9.11. The SMILES string of the molecule is Cc1cccc(C=O)c1OCc1ccc(F)c(F)c1. The maximum absolute atomic E-state index is 13.0. The standard InChI is InChI=1S/C15H12F2O2/c1-10-3-2-4-12(8-18)15(10)19-9-11-5-6-13(16)14(17)7-11/h2-8H,9H2,1H3. The molecular formula is C15H12F2O2. The molecule has 0 aliphatic heterocycles. The molecule has 2 nitrogen and oxygen atoms in total. The van der Waals surface area contributed by atoms with Crippen LogP contribution in [0.1, 0.15) is 21.5 Å². The van der Waals surface area contributed by atoms with E-state index in [0.717, 1.165) is 17.7 Å². The molecule has 2 aromatic rings. The molecule has 0 unspecified atom stereocenters. The second-order valence-corrected chi connectivity index (χ2v) is 4.15. The number of aldehydes is 1. The Kier molecular flexibility index (Phi) is 3.90. The quantitative estimate of drug-likeness (QED) is 0.786. The van der Waals surface area contributed by atoms with Crippen molar-refractivity contribution in [3.05, 3.63) is 64.7 Å². The molecule has 19 heavy (non-hydrogen) atoms. The molecule has 0 saturated heterocycles. The fraction of sp³-hybridized carbons (Fsp3) is 0.133. The highest BCUT2D eigenvalue weighted by atomic mass is 19.2. The summed E-state index contributed by atoms with van der Waals surface area (Å²) >= 11 is 0. The molecule has 98 valence electrons. The van der Waals surface area contributed by atoms with Crippen LogP contribution in [-0.2, 0) is 6.61 Å². The topological polar surface area (TPSA) is 26.3 Å². The van der Waals surface area contributed by atoms with Gasteiger partial charge in [0.05, 0.1) is 5.56 Å². The Morgan fingerprint density at radius 2 is 1.95 bits per heavy atom. The van der Waals surface area contributed by atoms with Gasteiger partial charge in [-0.15, -0.1) is 0 Å². The first-order valence-corrected chi connectivity index (χ1v) is 5.73. The van der Waals surface area contributed by atoms with Crippen LogP contribution < -0.4 is 4.74 Å². The van der Waals surface area contributed by atoms with E-state index < -0.39 is 11.6 Å². The van der Waals surface area contributed by atoms with Gasteiger partial charge >= 0.3 is 0 Å². The first kappa shape index (κ1) is 13.2. The van der Waals surface area contributed by atoms with Crippen LogP contribution in [0.5, 0.6) is 5.75 Å². The van der Waals surface area contributed by atoms with Gasteiger partial charge in [-0.25, -0.2) is 8.78 Å². The summed E-state index contributed by atoms with van der Waals surface area (Å²) in [6.45, 7) is 1.89. The van der Waals surface area contributed by atoms with E-state index in [4.69, 9.17) is 4.74 Å². The van der Waals surface area contributed by atoms with Crippen molar-refractivity contribution in [1.29, 1.82) is 0 Å². The highest BCUT2D eigenvalue weighted by Gasteiger charge is 2.08. The van der Waals surface area contributed by atoms with Crippen molar-refractivity contribution < 1.29 is 18.3 Å².